The molecule has 0 radical (unpaired) electrons. The van der Waals surface area contributed by atoms with E-state index in [0.29, 0.717) is 10.8 Å². The van der Waals surface area contributed by atoms with Gasteiger partial charge in [0.05, 0.1) is 0 Å². The molecule has 1 aliphatic carbocycles. The van der Waals surface area contributed by atoms with E-state index in [1.54, 1.807) is 0 Å². The zero-order chi connectivity index (χ0) is 8.54. The molecule has 0 aromatic rings. The SMILES string of the molecule is CC1(C)C=CCCC(C)(C)C1. The van der Waals surface area contributed by atoms with Crippen LogP contribution in [0.1, 0.15) is 47.0 Å². The first-order valence-electron chi connectivity index (χ1n) is 4.59. The Labute approximate surface area is 70.7 Å². The molecular weight excluding hydrogens is 132 g/mol. The minimum atomic E-state index is 0.417. The van der Waals surface area contributed by atoms with Crippen LogP contribution in [-0.2, 0) is 0 Å². The third-order valence-electron chi connectivity index (χ3n) is 2.49. The Hall–Kier alpha value is -0.260. The van der Waals surface area contributed by atoms with Crippen molar-refractivity contribution >= 4 is 0 Å². The van der Waals surface area contributed by atoms with Crippen LogP contribution in [0.3, 0.4) is 0 Å². The number of allylic oxidation sites excluding steroid dienone is 2. The third kappa shape index (κ3) is 2.69. The first-order valence-corrected chi connectivity index (χ1v) is 4.59. The predicted octanol–water partition coefficient (Wildman–Crippen LogP) is 3.78. The smallest absolute Gasteiger partial charge is 0.0170 e. The van der Waals surface area contributed by atoms with Crippen LogP contribution in [0, 0.1) is 10.8 Å². The van der Waals surface area contributed by atoms with Gasteiger partial charge in [0.15, 0.2) is 0 Å². The molecular formula is C11H20. The van der Waals surface area contributed by atoms with Crippen molar-refractivity contribution in [2.24, 2.45) is 10.8 Å². The molecule has 0 atom stereocenters. The maximum Gasteiger partial charge on any atom is -0.0170 e. The molecule has 0 heterocycles. The molecule has 1 rings (SSSR count). The van der Waals surface area contributed by atoms with Gasteiger partial charge in [-0.25, -0.2) is 0 Å². The molecule has 0 saturated heterocycles. The molecule has 0 aliphatic heterocycles. The molecule has 11 heavy (non-hydrogen) atoms. The first-order chi connectivity index (χ1) is 4.91. The van der Waals surface area contributed by atoms with Crippen LogP contribution in [0.5, 0.6) is 0 Å². The van der Waals surface area contributed by atoms with Gasteiger partial charge in [0.2, 0.25) is 0 Å². The monoisotopic (exact) mass is 152 g/mol. The summed E-state index contributed by atoms with van der Waals surface area (Å²) in [7, 11) is 0. The summed E-state index contributed by atoms with van der Waals surface area (Å²) in [5.41, 5.74) is 0.951. The molecule has 0 amide bonds. The Bertz CT molecular complexity index is 161. The summed E-state index contributed by atoms with van der Waals surface area (Å²) in [6.45, 7) is 9.41. The third-order valence-corrected chi connectivity index (χ3v) is 2.49. The molecule has 0 unspecified atom stereocenters. The minimum absolute atomic E-state index is 0.417. The molecule has 0 N–H and O–H groups in total. The summed E-state index contributed by atoms with van der Waals surface area (Å²) in [6, 6.07) is 0. The Morgan fingerprint density at radius 2 is 1.73 bits per heavy atom. The van der Waals surface area contributed by atoms with Crippen molar-refractivity contribution in [2.45, 2.75) is 47.0 Å². The van der Waals surface area contributed by atoms with Gasteiger partial charge in [0.1, 0.15) is 0 Å². The molecule has 0 heteroatoms. The van der Waals surface area contributed by atoms with Gasteiger partial charge in [-0.3, -0.25) is 0 Å². The average molecular weight is 152 g/mol. The van der Waals surface area contributed by atoms with Gasteiger partial charge in [-0.1, -0.05) is 39.8 Å². The maximum atomic E-state index is 2.38. The zero-order valence-corrected chi connectivity index (χ0v) is 8.28. The van der Waals surface area contributed by atoms with Crippen molar-refractivity contribution in [1.29, 1.82) is 0 Å². The van der Waals surface area contributed by atoms with Crippen molar-refractivity contribution in [2.75, 3.05) is 0 Å². The Kier molecular flexibility index (Phi) is 2.13. The van der Waals surface area contributed by atoms with Crippen molar-refractivity contribution in [1.82, 2.24) is 0 Å². The molecule has 0 spiro atoms. The Morgan fingerprint density at radius 1 is 1.09 bits per heavy atom. The van der Waals surface area contributed by atoms with Gasteiger partial charge in [0, 0.05) is 0 Å². The maximum absolute atomic E-state index is 2.38. The van der Waals surface area contributed by atoms with Crippen molar-refractivity contribution in [3.63, 3.8) is 0 Å². The van der Waals surface area contributed by atoms with E-state index >= 15 is 0 Å². The van der Waals surface area contributed by atoms with Crippen molar-refractivity contribution < 1.29 is 0 Å². The van der Waals surface area contributed by atoms with Crippen LogP contribution in [0.15, 0.2) is 12.2 Å². The summed E-state index contributed by atoms with van der Waals surface area (Å²) in [5, 5.41) is 0. The van der Waals surface area contributed by atoms with E-state index in [9.17, 15) is 0 Å². The van der Waals surface area contributed by atoms with Gasteiger partial charge in [0.25, 0.3) is 0 Å². The topological polar surface area (TPSA) is 0 Å². The molecule has 0 nitrogen and oxygen atoms in total. The summed E-state index contributed by atoms with van der Waals surface area (Å²) in [5.74, 6) is 0. The van der Waals surface area contributed by atoms with Gasteiger partial charge in [-0.2, -0.15) is 0 Å². The lowest BCUT2D eigenvalue weighted by molar-refractivity contribution is 0.232. The molecule has 1 aliphatic rings. The molecule has 0 saturated carbocycles. The van der Waals surface area contributed by atoms with E-state index in [4.69, 9.17) is 0 Å². The molecule has 0 aromatic heterocycles. The second kappa shape index (κ2) is 2.66. The Balaban J connectivity index is 2.72. The fraction of sp³-hybridized carbons (Fsp3) is 0.818. The van der Waals surface area contributed by atoms with E-state index in [2.05, 4.69) is 39.8 Å². The fourth-order valence-electron chi connectivity index (χ4n) is 2.26. The number of hydrogen-bond acceptors (Lipinski definition) is 0. The van der Waals surface area contributed by atoms with Gasteiger partial charge in [-0.15, -0.1) is 0 Å². The van der Waals surface area contributed by atoms with E-state index in [-0.39, 0.29) is 0 Å². The van der Waals surface area contributed by atoms with Gasteiger partial charge in [-0.05, 0) is 30.1 Å². The van der Waals surface area contributed by atoms with Crippen LogP contribution in [0.25, 0.3) is 0 Å². The van der Waals surface area contributed by atoms with Crippen LogP contribution < -0.4 is 0 Å². The highest BCUT2D eigenvalue weighted by atomic mass is 14.3. The summed E-state index contributed by atoms with van der Waals surface area (Å²) >= 11 is 0. The summed E-state index contributed by atoms with van der Waals surface area (Å²) in [6.07, 6.45) is 8.64. The second-order valence-electron chi connectivity index (χ2n) is 5.27. The van der Waals surface area contributed by atoms with Gasteiger partial charge < -0.3 is 0 Å². The zero-order valence-electron chi connectivity index (χ0n) is 8.28. The lowest BCUT2D eigenvalue weighted by Crippen LogP contribution is -2.19. The van der Waals surface area contributed by atoms with Crippen molar-refractivity contribution in [3.8, 4) is 0 Å². The molecule has 64 valence electrons. The normalized spacial score (nSPS) is 28.0. The highest BCUT2D eigenvalue weighted by molar-refractivity contribution is 5.00. The Morgan fingerprint density at radius 3 is 2.36 bits per heavy atom. The fourth-order valence-corrected chi connectivity index (χ4v) is 2.26. The molecule has 0 fully saturated rings. The van der Waals surface area contributed by atoms with E-state index in [1.165, 1.54) is 19.3 Å². The lowest BCUT2D eigenvalue weighted by Gasteiger charge is -2.30. The van der Waals surface area contributed by atoms with Crippen molar-refractivity contribution in [3.05, 3.63) is 12.2 Å². The molecule has 0 aromatic carbocycles. The number of rotatable bonds is 0. The largest absolute Gasteiger partial charge is 0.0880 e. The van der Waals surface area contributed by atoms with Crippen LogP contribution in [0.2, 0.25) is 0 Å². The van der Waals surface area contributed by atoms with E-state index in [0.717, 1.165) is 0 Å². The summed E-state index contributed by atoms with van der Waals surface area (Å²) < 4.78 is 0. The number of hydrogen-bond donors (Lipinski definition) is 0. The standard InChI is InChI=1S/C11H20/c1-10(2)7-5-6-8-11(3,4)9-10/h5,7H,6,8-9H2,1-4H3. The van der Waals surface area contributed by atoms with Crippen LogP contribution in [-0.4, -0.2) is 0 Å². The highest BCUT2D eigenvalue weighted by Gasteiger charge is 2.27. The predicted molar refractivity (Wildman–Crippen MR) is 50.6 cm³/mol. The van der Waals surface area contributed by atoms with Gasteiger partial charge >= 0.3 is 0 Å². The quantitative estimate of drug-likeness (QED) is 0.463. The second-order valence-corrected chi connectivity index (χ2v) is 5.27. The van der Waals surface area contributed by atoms with E-state index < -0.39 is 0 Å². The minimum Gasteiger partial charge on any atom is -0.0880 e. The highest BCUT2D eigenvalue weighted by Crippen LogP contribution is 2.40. The van der Waals surface area contributed by atoms with Crippen LogP contribution in [0.4, 0.5) is 0 Å². The lowest BCUT2D eigenvalue weighted by atomic mass is 9.75. The molecule has 0 bridgehead atoms. The van der Waals surface area contributed by atoms with Crippen LogP contribution >= 0.6 is 0 Å². The average Bonchev–Trinajstić information content (AvgIpc) is 1.86. The summed E-state index contributed by atoms with van der Waals surface area (Å²) in [4.78, 5) is 0. The van der Waals surface area contributed by atoms with E-state index in [1.807, 2.05) is 0 Å². The first kappa shape index (κ1) is 8.83.